The van der Waals surface area contributed by atoms with Crippen molar-refractivity contribution in [3.8, 4) is 0 Å². The molecule has 0 bridgehead atoms. The zero-order valence-electron chi connectivity index (χ0n) is 14.8. The maximum atomic E-state index is 12.9. The van der Waals surface area contributed by atoms with E-state index < -0.39 is 23.4 Å². The summed E-state index contributed by atoms with van der Waals surface area (Å²) in [6, 6.07) is 7.16. The Labute approximate surface area is 158 Å². The summed E-state index contributed by atoms with van der Waals surface area (Å²) in [6.45, 7) is 1.33. The Kier molecular flexibility index (Phi) is 4.40. The van der Waals surface area contributed by atoms with E-state index in [0.29, 0.717) is 18.0 Å². The number of aromatic nitrogens is 2. The molecule has 0 radical (unpaired) electrons. The van der Waals surface area contributed by atoms with E-state index in [1.54, 1.807) is 12.1 Å². The van der Waals surface area contributed by atoms with E-state index in [2.05, 4.69) is 5.10 Å². The van der Waals surface area contributed by atoms with Crippen LogP contribution in [0.2, 0.25) is 0 Å². The monoisotopic (exact) mass is 393 g/mol. The van der Waals surface area contributed by atoms with Crippen LogP contribution >= 0.6 is 0 Å². The summed E-state index contributed by atoms with van der Waals surface area (Å²) in [7, 11) is 0. The number of nitrogens with zero attached hydrogens (tertiary/aromatic N) is 3. The van der Waals surface area contributed by atoms with Crippen LogP contribution in [0.4, 0.5) is 13.2 Å². The quantitative estimate of drug-likeness (QED) is 0.847. The summed E-state index contributed by atoms with van der Waals surface area (Å²) < 4.78 is 39.8. The minimum atomic E-state index is -4.83. The summed E-state index contributed by atoms with van der Waals surface area (Å²) in [4.78, 5) is 25.1. The molecule has 2 fully saturated rings. The van der Waals surface area contributed by atoms with Gasteiger partial charge in [-0.05, 0) is 29.9 Å². The number of halogens is 3. The fourth-order valence-corrected chi connectivity index (χ4v) is 3.89. The van der Waals surface area contributed by atoms with Gasteiger partial charge < -0.3 is 10.0 Å². The lowest BCUT2D eigenvalue weighted by Crippen LogP contribution is -2.28. The summed E-state index contributed by atoms with van der Waals surface area (Å²) in [5.41, 5.74) is -0.643. The molecule has 1 aromatic carbocycles. The molecule has 2 atom stereocenters. The maximum absolute atomic E-state index is 12.9. The van der Waals surface area contributed by atoms with Crippen molar-refractivity contribution in [2.24, 2.45) is 11.8 Å². The fourth-order valence-electron chi connectivity index (χ4n) is 3.89. The zero-order chi connectivity index (χ0) is 20.1. The van der Waals surface area contributed by atoms with Crippen LogP contribution < -0.4 is 0 Å². The van der Waals surface area contributed by atoms with Crippen LogP contribution in [-0.2, 0) is 24.1 Å². The molecule has 1 aliphatic heterocycles. The first kappa shape index (κ1) is 18.5. The number of fused-ring (bicyclic) bond motifs is 1. The van der Waals surface area contributed by atoms with E-state index in [1.807, 2.05) is 17.0 Å². The SMILES string of the molecule is O=C(O)c1cn(Cc2ccc(CN3C[C@@H]4CC[C@@H]4C3=O)cc2)nc1C(F)(F)F. The van der Waals surface area contributed by atoms with Gasteiger partial charge in [0, 0.05) is 25.2 Å². The molecule has 28 heavy (non-hydrogen) atoms. The largest absolute Gasteiger partial charge is 0.478 e. The molecular formula is C19H18F3N3O3. The van der Waals surface area contributed by atoms with E-state index in [1.165, 1.54) is 0 Å². The number of aromatic carboxylic acids is 1. The number of rotatable bonds is 5. The van der Waals surface area contributed by atoms with Crippen LogP contribution in [0.1, 0.15) is 40.0 Å². The van der Waals surface area contributed by atoms with Crippen LogP contribution in [0.15, 0.2) is 30.5 Å². The molecule has 2 aromatic rings. The van der Waals surface area contributed by atoms with Crippen molar-refractivity contribution in [3.05, 3.63) is 52.8 Å². The van der Waals surface area contributed by atoms with Crippen LogP contribution in [0.5, 0.6) is 0 Å². The standard InChI is InChI=1S/C19H18F3N3O3/c20-19(21,22)16-15(18(27)28)10-25(23-16)8-12-3-1-11(2-4-12)7-24-9-13-5-6-14(13)17(24)26/h1-4,10,13-14H,5-9H2,(H,27,28)/t13-,14-/m0/s1. The third-order valence-electron chi connectivity index (χ3n) is 5.50. The van der Waals surface area contributed by atoms with E-state index >= 15 is 0 Å². The third-order valence-corrected chi connectivity index (χ3v) is 5.50. The zero-order valence-corrected chi connectivity index (χ0v) is 14.8. The average Bonchev–Trinajstić information content (AvgIpc) is 3.11. The number of likely N-dealkylation sites (tertiary alicyclic amines) is 1. The van der Waals surface area contributed by atoms with Gasteiger partial charge in [0.05, 0.1) is 6.54 Å². The van der Waals surface area contributed by atoms with Crippen LogP contribution in [-0.4, -0.2) is 38.2 Å². The number of carbonyl (C=O) groups excluding carboxylic acids is 1. The molecule has 1 amide bonds. The molecule has 2 heterocycles. The second-order valence-electron chi connectivity index (χ2n) is 7.37. The van der Waals surface area contributed by atoms with Crippen molar-refractivity contribution in [2.45, 2.75) is 32.1 Å². The van der Waals surface area contributed by atoms with Gasteiger partial charge in [0.2, 0.25) is 5.91 Å². The van der Waals surface area contributed by atoms with Gasteiger partial charge in [0.15, 0.2) is 5.69 Å². The van der Waals surface area contributed by atoms with Crippen LogP contribution in [0, 0.1) is 11.8 Å². The van der Waals surface area contributed by atoms with Crippen LogP contribution in [0.3, 0.4) is 0 Å². The van der Waals surface area contributed by atoms with Crippen molar-refractivity contribution in [1.82, 2.24) is 14.7 Å². The number of carboxylic acids is 1. The molecule has 148 valence electrons. The van der Waals surface area contributed by atoms with E-state index in [-0.39, 0.29) is 18.4 Å². The van der Waals surface area contributed by atoms with Crippen molar-refractivity contribution in [2.75, 3.05) is 6.54 Å². The summed E-state index contributed by atoms with van der Waals surface area (Å²) in [6.07, 6.45) is -1.86. The number of hydrogen-bond acceptors (Lipinski definition) is 3. The fraction of sp³-hybridized carbons (Fsp3) is 0.421. The Morgan fingerprint density at radius 3 is 2.21 bits per heavy atom. The number of benzene rings is 1. The molecule has 0 spiro atoms. The third kappa shape index (κ3) is 3.36. The highest BCUT2D eigenvalue weighted by atomic mass is 19.4. The number of carboxylic acid groups (broad SMARTS) is 1. The van der Waals surface area contributed by atoms with Gasteiger partial charge in [-0.1, -0.05) is 24.3 Å². The molecule has 1 aromatic heterocycles. The van der Waals surface area contributed by atoms with Gasteiger partial charge in [-0.3, -0.25) is 9.48 Å². The van der Waals surface area contributed by atoms with Gasteiger partial charge in [-0.2, -0.15) is 18.3 Å². The first-order valence-corrected chi connectivity index (χ1v) is 8.97. The van der Waals surface area contributed by atoms with Crippen molar-refractivity contribution < 1.29 is 27.9 Å². The number of hydrogen-bond donors (Lipinski definition) is 1. The van der Waals surface area contributed by atoms with Gasteiger partial charge in [-0.15, -0.1) is 0 Å². The first-order valence-electron chi connectivity index (χ1n) is 8.97. The smallest absolute Gasteiger partial charge is 0.436 e. The molecule has 1 saturated carbocycles. The molecule has 0 unspecified atom stereocenters. The number of carbonyl (C=O) groups is 2. The number of amides is 1. The minimum absolute atomic E-state index is 0.0173. The molecule has 1 saturated heterocycles. The Balaban J connectivity index is 1.45. The molecule has 4 rings (SSSR count). The van der Waals surface area contributed by atoms with Gasteiger partial charge in [-0.25, -0.2) is 4.79 Å². The Hall–Kier alpha value is -2.84. The van der Waals surface area contributed by atoms with Crippen LogP contribution in [0.25, 0.3) is 0 Å². The lowest BCUT2D eigenvalue weighted by Gasteiger charge is -2.25. The maximum Gasteiger partial charge on any atom is 0.436 e. The Morgan fingerprint density at radius 1 is 1.14 bits per heavy atom. The Morgan fingerprint density at radius 2 is 1.79 bits per heavy atom. The first-order chi connectivity index (χ1) is 13.2. The minimum Gasteiger partial charge on any atom is -0.478 e. The van der Waals surface area contributed by atoms with Crippen molar-refractivity contribution in [3.63, 3.8) is 0 Å². The van der Waals surface area contributed by atoms with Crippen molar-refractivity contribution in [1.29, 1.82) is 0 Å². The van der Waals surface area contributed by atoms with Gasteiger partial charge >= 0.3 is 12.1 Å². The molecule has 1 N–H and O–H groups in total. The highest BCUT2D eigenvalue weighted by Gasteiger charge is 2.45. The second-order valence-corrected chi connectivity index (χ2v) is 7.37. The predicted molar refractivity (Wildman–Crippen MR) is 91.4 cm³/mol. The van der Waals surface area contributed by atoms with E-state index in [0.717, 1.165) is 35.8 Å². The van der Waals surface area contributed by atoms with Gasteiger partial charge in [0.25, 0.3) is 0 Å². The topological polar surface area (TPSA) is 75.4 Å². The molecule has 9 heteroatoms. The average molecular weight is 393 g/mol. The summed E-state index contributed by atoms with van der Waals surface area (Å²) in [5.74, 6) is -0.792. The molecule has 6 nitrogen and oxygen atoms in total. The summed E-state index contributed by atoms with van der Waals surface area (Å²) >= 11 is 0. The van der Waals surface area contributed by atoms with Crippen molar-refractivity contribution >= 4 is 11.9 Å². The Bertz CT molecular complexity index is 921. The molecule has 2 aliphatic rings. The van der Waals surface area contributed by atoms with Gasteiger partial charge in [0.1, 0.15) is 5.56 Å². The second kappa shape index (κ2) is 6.65. The predicted octanol–water partition coefficient (Wildman–Crippen LogP) is 3.02. The summed E-state index contributed by atoms with van der Waals surface area (Å²) in [5, 5.41) is 12.4. The normalized spacial score (nSPS) is 21.5. The molecular weight excluding hydrogens is 375 g/mol. The highest BCUT2D eigenvalue weighted by Crippen LogP contribution is 2.41. The van der Waals surface area contributed by atoms with E-state index in [9.17, 15) is 22.8 Å². The lowest BCUT2D eigenvalue weighted by atomic mass is 9.76. The molecule has 1 aliphatic carbocycles. The van der Waals surface area contributed by atoms with E-state index in [4.69, 9.17) is 5.11 Å². The number of alkyl halides is 3. The lowest BCUT2D eigenvalue weighted by molar-refractivity contribution is -0.142. The highest BCUT2D eigenvalue weighted by molar-refractivity contribution is 5.88.